The van der Waals surface area contributed by atoms with Crippen molar-refractivity contribution < 1.29 is 5.21 Å². The summed E-state index contributed by atoms with van der Waals surface area (Å²) in [6.07, 6.45) is 0.749. The van der Waals surface area contributed by atoms with Crippen LogP contribution in [-0.4, -0.2) is 10.9 Å². The molecule has 17 heavy (non-hydrogen) atoms. The van der Waals surface area contributed by atoms with Crippen LogP contribution in [0.3, 0.4) is 0 Å². The van der Waals surface area contributed by atoms with Gasteiger partial charge in [-0.2, -0.15) is 0 Å². The zero-order chi connectivity index (χ0) is 13.8. The Balaban J connectivity index is 0. The summed E-state index contributed by atoms with van der Waals surface area (Å²) >= 11 is 0. The van der Waals surface area contributed by atoms with Crippen LogP contribution in [0.15, 0.2) is 23.4 Å². The van der Waals surface area contributed by atoms with Gasteiger partial charge in [-0.25, -0.2) is 0 Å². The van der Waals surface area contributed by atoms with Gasteiger partial charge in [0.2, 0.25) is 0 Å². The lowest BCUT2D eigenvalue weighted by molar-refractivity contribution is 0.318. The van der Waals surface area contributed by atoms with Gasteiger partial charge in [0.05, 0.1) is 5.71 Å². The Kier molecular flexibility index (Phi) is 11.9. The Morgan fingerprint density at radius 2 is 1.59 bits per heavy atom. The Morgan fingerprint density at radius 3 is 1.94 bits per heavy atom. The maximum absolute atomic E-state index is 8.73. The molecule has 0 saturated carbocycles. The number of hydrogen-bond donors (Lipinski definition) is 1. The monoisotopic (exact) mass is 237 g/mol. The standard InChI is InChI=1S/C11H15NO.2C2H6/c1-4-11(12-13)10-6-5-8(2)9(3)7-10;2*1-2/h5-7,13H,4H2,1-3H3;2*1-2H3/b12-11-;;. The van der Waals surface area contributed by atoms with Crippen molar-refractivity contribution in [2.45, 2.75) is 54.9 Å². The summed E-state index contributed by atoms with van der Waals surface area (Å²) in [4.78, 5) is 0. The average Bonchev–Trinajstić information content (AvgIpc) is 2.40. The highest BCUT2D eigenvalue weighted by Gasteiger charge is 2.02. The van der Waals surface area contributed by atoms with Crippen molar-refractivity contribution in [1.29, 1.82) is 0 Å². The van der Waals surface area contributed by atoms with Crippen LogP contribution in [0.2, 0.25) is 0 Å². The minimum atomic E-state index is 0.739. The third kappa shape index (κ3) is 6.10. The van der Waals surface area contributed by atoms with Crippen LogP contribution in [-0.2, 0) is 0 Å². The predicted molar refractivity (Wildman–Crippen MR) is 77.2 cm³/mol. The molecule has 0 bridgehead atoms. The molecule has 0 saturated heterocycles. The maximum Gasteiger partial charge on any atom is 0.0865 e. The molecule has 0 spiro atoms. The van der Waals surface area contributed by atoms with Crippen LogP contribution in [0, 0.1) is 13.8 Å². The van der Waals surface area contributed by atoms with E-state index in [1.54, 1.807) is 0 Å². The summed E-state index contributed by atoms with van der Waals surface area (Å²) in [7, 11) is 0. The van der Waals surface area contributed by atoms with Gasteiger partial charge in [0, 0.05) is 0 Å². The summed E-state index contributed by atoms with van der Waals surface area (Å²) in [6, 6.07) is 6.08. The van der Waals surface area contributed by atoms with Crippen molar-refractivity contribution >= 4 is 5.71 Å². The lowest BCUT2D eigenvalue weighted by atomic mass is 10.0. The van der Waals surface area contributed by atoms with Gasteiger partial charge in [-0.15, -0.1) is 0 Å². The van der Waals surface area contributed by atoms with Gasteiger partial charge in [0.1, 0.15) is 0 Å². The first-order valence-corrected chi connectivity index (χ1v) is 6.47. The van der Waals surface area contributed by atoms with E-state index >= 15 is 0 Å². The van der Waals surface area contributed by atoms with E-state index in [-0.39, 0.29) is 0 Å². The molecule has 0 unspecified atom stereocenters. The van der Waals surface area contributed by atoms with Crippen molar-refractivity contribution in [2.75, 3.05) is 0 Å². The van der Waals surface area contributed by atoms with Gasteiger partial charge >= 0.3 is 0 Å². The molecule has 1 aromatic carbocycles. The van der Waals surface area contributed by atoms with Gasteiger partial charge < -0.3 is 5.21 Å². The van der Waals surface area contributed by atoms with E-state index in [0.29, 0.717) is 0 Å². The molecule has 2 nitrogen and oxygen atoms in total. The Bertz CT molecular complexity index is 330. The highest BCUT2D eigenvalue weighted by Crippen LogP contribution is 2.11. The first-order valence-electron chi connectivity index (χ1n) is 6.47. The van der Waals surface area contributed by atoms with Crippen molar-refractivity contribution in [2.24, 2.45) is 5.16 Å². The fourth-order valence-corrected chi connectivity index (χ4v) is 1.25. The third-order valence-corrected chi connectivity index (χ3v) is 2.30. The van der Waals surface area contributed by atoms with Crippen molar-refractivity contribution in [1.82, 2.24) is 0 Å². The van der Waals surface area contributed by atoms with Crippen LogP contribution < -0.4 is 0 Å². The van der Waals surface area contributed by atoms with Crippen LogP contribution in [0.1, 0.15) is 57.7 Å². The number of benzene rings is 1. The highest BCUT2D eigenvalue weighted by atomic mass is 16.4. The van der Waals surface area contributed by atoms with E-state index in [1.165, 1.54) is 11.1 Å². The third-order valence-electron chi connectivity index (χ3n) is 2.30. The fraction of sp³-hybridized carbons (Fsp3) is 0.533. The second kappa shape index (κ2) is 11.2. The topological polar surface area (TPSA) is 32.6 Å². The molecule has 0 aliphatic heterocycles. The molecular weight excluding hydrogens is 210 g/mol. The molecule has 2 heteroatoms. The SMILES string of the molecule is CC.CC.CC/C(=N/O)c1ccc(C)c(C)c1. The molecule has 0 aliphatic carbocycles. The van der Waals surface area contributed by atoms with E-state index in [2.05, 4.69) is 19.0 Å². The van der Waals surface area contributed by atoms with Gasteiger partial charge in [0.25, 0.3) is 0 Å². The summed E-state index contributed by atoms with van der Waals surface area (Å²) < 4.78 is 0. The molecule has 1 N–H and O–H groups in total. The van der Waals surface area contributed by atoms with E-state index in [4.69, 9.17) is 5.21 Å². The van der Waals surface area contributed by atoms with Gasteiger partial charge in [0.15, 0.2) is 0 Å². The zero-order valence-corrected chi connectivity index (χ0v) is 12.3. The second-order valence-corrected chi connectivity index (χ2v) is 3.20. The van der Waals surface area contributed by atoms with Gasteiger partial charge in [-0.1, -0.05) is 51.9 Å². The molecule has 0 heterocycles. The van der Waals surface area contributed by atoms with Crippen molar-refractivity contribution in [3.63, 3.8) is 0 Å². The Hall–Kier alpha value is -1.31. The number of rotatable bonds is 2. The molecule has 1 aromatic rings. The quantitative estimate of drug-likeness (QED) is 0.441. The largest absolute Gasteiger partial charge is 0.411 e. The highest BCUT2D eigenvalue weighted by molar-refractivity contribution is 6.00. The van der Waals surface area contributed by atoms with E-state index in [1.807, 2.05) is 52.8 Å². The first kappa shape index (κ1) is 18.1. The molecule has 0 aliphatic rings. The number of oxime groups is 1. The van der Waals surface area contributed by atoms with Crippen LogP contribution in [0.5, 0.6) is 0 Å². The molecule has 0 amide bonds. The van der Waals surface area contributed by atoms with Gasteiger partial charge in [-0.05, 0) is 43.0 Å². The minimum Gasteiger partial charge on any atom is -0.411 e. The van der Waals surface area contributed by atoms with Crippen molar-refractivity contribution in [3.05, 3.63) is 34.9 Å². The molecule has 0 atom stereocenters. The first-order chi connectivity index (χ1) is 8.19. The van der Waals surface area contributed by atoms with Crippen LogP contribution >= 0.6 is 0 Å². The molecule has 0 radical (unpaired) electrons. The molecular formula is C15H27NO. The Labute approximate surface area is 106 Å². The van der Waals surface area contributed by atoms with E-state index in [0.717, 1.165) is 17.7 Å². The molecule has 0 aromatic heterocycles. The fourth-order valence-electron chi connectivity index (χ4n) is 1.25. The number of nitrogens with zero attached hydrogens (tertiary/aromatic N) is 1. The zero-order valence-electron chi connectivity index (χ0n) is 12.3. The maximum atomic E-state index is 8.73. The molecule has 0 fully saturated rings. The summed E-state index contributed by atoms with van der Waals surface area (Å²) in [5, 5.41) is 12.0. The number of aryl methyl sites for hydroxylation is 2. The molecule has 98 valence electrons. The molecule has 1 rings (SSSR count). The lowest BCUT2D eigenvalue weighted by Gasteiger charge is -2.04. The van der Waals surface area contributed by atoms with E-state index in [9.17, 15) is 0 Å². The summed E-state index contributed by atoms with van der Waals surface area (Å²) in [5.41, 5.74) is 4.24. The van der Waals surface area contributed by atoms with Crippen molar-refractivity contribution in [3.8, 4) is 0 Å². The lowest BCUT2D eigenvalue weighted by Crippen LogP contribution is -1.99. The van der Waals surface area contributed by atoms with Gasteiger partial charge in [-0.3, -0.25) is 0 Å². The summed E-state index contributed by atoms with van der Waals surface area (Å²) in [5.74, 6) is 0. The van der Waals surface area contributed by atoms with E-state index < -0.39 is 0 Å². The minimum absolute atomic E-state index is 0.739. The van der Waals surface area contributed by atoms with Crippen LogP contribution in [0.25, 0.3) is 0 Å². The number of hydrogen-bond acceptors (Lipinski definition) is 2. The average molecular weight is 237 g/mol. The Morgan fingerprint density at radius 1 is 1.06 bits per heavy atom. The normalized spacial score (nSPS) is 9.71. The second-order valence-electron chi connectivity index (χ2n) is 3.20. The summed E-state index contributed by atoms with van der Waals surface area (Å²) in [6.45, 7) is 14.1. The smallest absolute Gasteiger partial charge is 0.0865 e. The predicted octanol–water partition coefficient (Wildman–Crippen LogP) is 4.94. The van der Waals surface area contributed by atoms with Crippen LogP contribution in [0.4, 0.5) is 0 Å².